The third-order valence-corrected chi connectivity index (χ3v) is 9.40. The fourth-order valence-electron chi connectivity index (χ4n) is 7.15. The van der Waals surface area contributed by atoms with E-state index in [-0.39, 0.29) is 0 Å². The number of anilines is 3. The van der Waals surface area contributed by atoms with Crippen molar-refractivity contribution >= 4 is 44.4 Å². The Balaban J connectivity index is 1.19. The number of imidazole rings is 1. The summed E-state index contributed by atoms with van der Waals surface area (Å²) in [6.07, 6.45) is 0. The van der Waals surface area contributed by atoms with E-state index >= 15 is 0 Å². The van der Waals surface area contributed by atoms with Crippen LogP contribution in [0.15, 0.2) is 152 Å². The van der Waals surface area contributed by atoms with Gasteiger partial charge < -0.3 is 14.5 Å². The molecule has 0 bridgehead atoms. The van der Waals surface area contributed by atoms with E-state index in [9.17, 15) is 0 Å². The highest BCUT2D eigenvalue weighted by Crippen LogP contribution is 2.43. The molecule has 0 saturated carbocycles. The number of nitrogens with zero attached hydrogens (tertiary/aromatic N) is 4. The van der Waals surface area contributed by atoms with E-state index in [1.54, 1.807) is 0 Å². The molecule has 0 aliphatic carbocycles. The van der Waals surface area contributed by atoms with E-state index in [0.29, 0.717) is 6.04 Å². The summed E-state index contributed by atoms with van der Waals surface area (Å²) in [6.45, 7) is 5.28. The van der Waals surface area contributed by atoms with Crippen LogP contribution in [0.1, 0.15) is 13.8 Å². The van der Waals surface area contributed by atoms with Crippen LogP contribution in [0, 0.1) is 0 Å². The Morgan fingerprint density at radius 2 is 1.27 bits per heavy atom. The van der Waals surface area contributed by atoms with E-state index in [2.05, 4.69) is 168 Å². The van der Waals surface area contributed by atoms with Gasteiger partial charge in [0.25, 0.3) is 0 Å². The van der Waals surface area contributed by atoms with Crippen molar-refractivity contribution in [3.8, 4) is 34.0 Å². The monoisotopic (exact) mass is 622 g/mol. The number of hydrogen-bond donors (Lipinski definition) is 0. The summed E-state index contributed by atoms with van der Waals surface area (Å²) < 4.78 is 8.96. The Bertz CT molecular complexity index is 2450. The van der Waals surface area contributed by atoms with Crippen LogP contribution in [0.2, 0.25) is 0 Å². The van der Waals surface area contributed by atoms with Crippen LogP contribution in [-0.2, 0) is 0 Å². The molecule has 0 saturated heterocycles. The van der Waals surface area contributed by atoms with Gasteiger partial charge in [-0.2, -0.15) is 0 Å². The van der Waals surface area contributed by atoms with Gasteiger partial charge >= 0.3 is 0 Å². The standard InChI is InChI=1S/C43H34N4O/c1-29(2)45-28-46(40-23-12-11-22-39(40)45)32-18-13-19-33(26-32)48-34-24-25-35-36-20-9-10-21-38(36)47-42(31-16-7-4-8-17-31)41(30-14-5-3-6-15-30)44-43(47)37(35)27-34/h3-27,29H,28H2,1-2H3. The molecule has 232 valence electrons. The number of pyridine rings is 1. The lowest BCUT2D eigenvalue weighted by molar-refractivity contribution is 0.483. The van der Waals surface area contributed by atoms with Crippen LogP contribution in [0.3, 0.4) is 0 Å². The summed E-state index contributed by atoms with van der Waals surface area (Å²) in [5.41, 5.74) is 9.85. The van der Waals surface area contributed by atoms with Gasteiger partial charge in [-0.05, 0) is 67.8 Å². The van der Waals surface area contributed by atoms with Gasteiger partial charge in [-0.3, -0.25) is 4.40 Å². The lowest BCUT2D eigenvalue weighted by Crippen LogP contribution is -2.33. The van der Waals surface area contributed by atoms with Gasteiger partial charge in [0.15, 0.2) is 0 Å². The average molecular weight is 623 g/mol. The Kier molecular flexibility index (Phi) is 6.64. The molecule has 9 rings (SSSR count). The van der Waals surface area contributed by atoms with Crippen molar-refractivity contribution in [2.75, 3.05) is 16.5 Å². The maximum absolute atomic E-state index is 6.64. The predicted molar refractivity (Wildman–Crippen MR) is 199 cm³/mol. The first kappa shape index (κ1) is 28.2. The number of para-hydroxylation sites is 3. The van der Waals surface area contributed by atoms with E-state index < -0.39 is 0 Å². The van der Waals surface area contributed by atoms with E-state index in [0.717, 1.165) is 68.3 Å². The van der Waals surface area contributed by atoms with E-state index in [1.165, 1.54) is 16.8 Å². The third kappa shape index (κ3) is 4.58. The molecule has 48 heavy (non-hydrogen) atoms. The van der Waals surface area contributed by atoms with Crippen LogP contribution in [0.4, 0.5) is 17.1 Å². The number of rotatable bonds is 6. The second-order valence-corrected chi connectivity index (χ2v) is 12.6. The molecule has 3 heterocycles. The maximum atomic E-state index is 6.64. The molecule has 6 aromatic carbocycles. The van der Waals surface area contributed by atoms with Crippen molar-refractivity contribution in [1.82, 2.24) is 9.38 Å². The second-order valence-electron chi connectivity index (χ2n) is 12.6. The first-order valence-corrected chi connectivity index (χ1v) is 16.5. The van der Waals surface area contributed by atoms with E-state index in [1.807, 2.05) is 12.1 Å². The topological polar surface area (TPSA) is 33.0 Å². The number of aromatic nitrogens is 2. The summed E-state index contributed by atoms with van der Waals surface area (Å²) in [4.78, 5) is 10.2. The normalized spacial score (nSPS) is 12.8. The summed E-state index contributed by atoms with van der Waals surface area (Å²) in [5.74, 6) is 1.57. The lowest BCUT2D eigenvalue weighted by Gasteiger charge is -2.25. The van der Waals surface area contributed by atoms with Gasteiger partial charge in [0, 0.05) is 39.7 Å². The number of fused-ring (bicyclic) bond motifs is 7. The SMILES string of the molecule is CC(C)N1CN(c2cccc(Oc3ccc4c5ccccc5n5c(-c6ccccc6)c(-c6ccccc6)nc5c4c3)c2)c2ccccc21. The Labute approximate surface area is 279 Å². The zero-order valence-corrected chi connectivity index (χ0v) is 26.9. The Morgan fingerprint density at radius 1 is 0.583 bits per heavy atom. The summed E-state index contributed by atoms with van der Waals surface area (Å²) in [7, 11) is 0. The zero-order valence-electron chi connectivity index (χ0n) is 26.9. The van der Waals surface area contributed by atoms with Gasteiger partial charge in [-0.1, -0.05) is 97.1 Å². The smallest absolute Gasteiger partial charge is 0.146 e. The summed E-state index contributed by atoms with van der Waals surface area (Å²) in [6, 6.07) is 53.5. The predicted octanol–water partition coefficient (Wildman–Crippen LogP) is 11.1. The molecule has 0 unspecified atom stereocenters. The Hall–Kier alpha value is -6.07. The molecule has 0 radical (unpaired) electrons. The minimum absolute atomic E-state index is 0.397. The highest BCUT2D eigenvalue weighted by Gasteiger charge is 2.28. The quantitative estimate of drug-likeness (QED) is 0.173. The van der Waals surface area contributed by atoms with Gasteiger partial charge in [-0.25, -0.2) is 4.98 Å². The van der Waals surface area contributed by atoms with Crippen LogP contribution in [0.5, 0.6) is 11.5 Å². The molecule has 0 N–H and O–H groups in total. The van der Waals surface area contributed by atoms with Gasteiger partial charge in [0.2, 0.25) is 0 Å². The fourth-order valence-corrected chi connectivity index (χ4v) is 7.15. The fraction of sp³-hybridized carbons (Fsp3) is 0.0930. The van der Waals surface area contributed by atoms with Crippen molar-refractivity contribution in [2.45, 2.75) is 19.9 Å². The van der Waals surface area contributed by atoms with Gasteiger partial charge in [0.1, 0.15) is 17.1 Å². The molecule has 5 nitrogen and oxygen atoms in total. The van der Waals surface area contributed by atoms with Crippen molar-refractivity contribution in [3.05, 3.63) is 152 Å². The van der Waals surface area contributed by atoms with Gasteiger partial charge in [0.05, 0.1) is 34.9 Å². The number of benzene rings is 6. The van der Waals surface area contributed by atoms with Crippen molar-refractivity contribution in [2.24, 2.45) is 0 Å². The average Bonchev–Trinajstić information content (AvgIpc) is 3.73. The molecule has 0 spiro atoms. The summed E-state index contributed by atoms with van der Waals surface area (Å²) in [5, 5.41) is 3.36. The minimum Gasteiger partial charge on any atom is -0.457 e. The molecule has 1 aliphatic rings. The zero-order chi connectivity index (χ0) is 32.2. The molecule has 0 fully saturated rings. The van der Waals surface area contributed by atoms with Crippen LogP contribution >= 0.6 is 0 Å². The number of hydrogen-bond acceptors (Lipinski definition) is 4. The number of ether oxygens (including phenoxy) is 1. The highest BCUT2D eigenvalue weighted by atomic mass is 16.5. The summed E-state index contributed by atoms with van der Waals surface area (Å²) >= 11 is 0. The van der Waals surface area contributed by atoms with Crippen molar-refractivity contribution in [1.29, 1.82) is 0 Å². The first-order valence-electron chi connectivity index (χ1n) is 16.5. The molecular formula is C43H34N4O. The minimum atomic E-state index is 0.397. The maximum Gasteiger partial charge on any atom is 0.146 e. The van der Waals surface area contributed by atoms with Crippen molar-refractivity contribution < 1.29 is 4.74 Å². The third-order valence-electron chi connectivity index (χ3n) is 9.40. The second kappa shape index (κ2) is 11.3. The molecule has 0 amide bonds. The first-order chi connectivity index (χ1) is 23.6. The van der Waals surface area contributed by atoms with E-state index in [4.69, 9.17) is 9.72 Å². The van der Waals surface area contributed by atoms with Crippen molar-refractivity contribution in [3.63, 3.8) is 0 Å². The molecule has 8 aromatic rings. The molecule has 5 heteroatoms. The van der Waals surface area contributed by atoms with Gasteiger partial charge in [-0.15, -0.1) is 0 Å². The van der Waals surface area contributed by atoms with Crippen LogP contribution < -0.4 is 14.5 Å². The lowest BCUT2D eigenvalue weighted by atomic mass is 10.0. The van der Waals surface area contributed by atoms with Crippen LogP contribution in [-0.4, -0.2) is 22.1 Å². The molecule has 1 aliphatic heterocycles. The Morgan fingerprint density at radius 3 is 2.06 bits per heavy atom. The molecule has 0 atom stereocenters. The largest absolute Gasteiger partial charge is 0.457 e. The molecular weight excluding hydrogens is 589 g/mol. The molecule has 2 aromatic heterocycles. The highest BCUT2D eigenvalue weighted by molar-refractivity contribution is 6.13. The van der Waals surface area contributed by atoms with Crippen LogP contribution in [0.25, 0.3) is 49.8 Å².